The number of benzene rings is 1. The van der Waals surface area contributed by atoms with Crippen molar-refractivity contribution in [1.29, 1.82) is 0 Å². The van der Waals surface area contributed by atoms with Gasteiger partial charge in [-0.15, -0.1) is 0 Å². The van der Waals surface area contributed by atoms with Crippen molar-refractivity contribution in [2.45, 2.75) is 38.0 Å². The van der Waals surface area contributed by atoms with Crippen LogP contribution in [-0.2, 0) is 0 Å². The highest BCUT2D eigenvalue weighted by atomic mass is 16.3. The molecule has 0 saturated heterocycles. The van der Waals surface area contributed by atoms with Gasteiger partial charge in [0.25, 0.3) is 0 Å². The predicted molar refractivity (Wildman–Crippen MR) is 92.5 cm³/mol. The first-order valence-corrected chi connectivity index (χ1v) is 8.38. The number of nitrogens with two attached hydrogens (primary N) is 1. The molecule has 1 heterocycles. The summed E-state index contributed by atoms with van der Waals surface area (Å²) in [7, 11) is 0. The zero-order valence-corrected chi connectivity index (χ0v) is 13.3. The zero-order chi connectivity index (χ0) is 16.1. The summed E-state index contributed by atoms with van der Waals surface area (Å²) in [6.07, 6.45) is 7.67. The van der Waals surface area contributed by atoms with Gasteiger partial charge in [-0.05, 0) is 50.1 Å². The van der Waals surface area contributed by atoms with E-state index in [-0.39, 0.29) is 5.75 Å². The van der Waals surface area contributed by atoms with E-state index in [0.717, 1.165) is 35.7 Å². The van der Waals surface area contributed by atoms with Crippen molar-refractivity contribution in [3.8, 4) is 17.0 Å². The molecule has 1 saturated carbocycles. The van der Waals surface area contributed by atoms with E-state index in [1.165, 1.54) is 25.7 Å². The van der Waals surface area contributed by atoms with Crippen molar-refractivity contribution in [2.75, 3.05) is 18.4 Å². The van der Waals surface area contributed by atoms with Gasteiger partial charge in [0.15, 0.2) is 0 Å². The van der Waals surface area contributed by atoms with Crippen molar-refractivity contribution < 1.29 is 5.11 Å². The third-order valence-electron chi connectivity index (χ3n) is 4.36. The Kier molecular flexibility index (Phi) is 5.08. The Bertz CT molecular complexity index is 636. The maximum Gasteiger partial charge on any atom is 0.132 e. The number of hydrogen-bond donors (Lipinski definition) is 3. The van der Waals surface area contributed by atoms with Crippen LogP contribution in [0.3, 0.4) is 0 Å². The molecule has 0 atom stereocenters. The number of rotatable bonds is 6. The molecule has 23 heavy (non-hydrogen) atoms. The van der Waals surface area contributed by atoms with Crippen LogP contribution in [0.4, 0.5) is 5.69 Å². The van der Waals surface area contributed by atoms with Crippen molar-refractivity contribution in [3.63, 3.8) is 0 Å². The number of phenolic OH excluding ortho intramolecular Hbond substituents is 1. The van der Waals surface area contributed by atoms with Crippen LogP contribution in [0.2, 0.25) is 0 Å². The Morgan fingerprint density at radius 3 is 2.61 bits per heavy atom. The van der Waals surface area contributed by atoms with Gasteiger partial charge in [0.2, 0.25) is 0 Å². The lowest BCUT2D eigenvalue weighted by molar-refractivity contribution is 0.475. The highest BCUT2D eigenvalue weighted by Crippen LogP contribution is 2.34. The molecule has 1 aliphatic carbocycles. The molecule has 0 radical (unpaired) electrons. The van der Waals surface area contributed by atoms with Gasteiger partial charge in [0.1, 0.15) is 11.6 Å². The zero-order valence-electron chi connectivity index (χ0n) is 13.3. The number of nitrogens with one attached hydrogen (secondary N) is 1. The lowest BCUT2D eigenvalue weighted by atomic mass is 10.1. The summed E-state index contributed by atoms with van der Waals surface area (Å²) >= 11 is 0. The standard InChI is InChI=1S/C18H24N4O/c19-10-3-11-20-16-12-21-18(14-4-1-2-5-14)22-17(16)13-6-8-15(23)9-7-13/h6-9,12,14,20,23H,1-5,10-11,19H2. The molecular weight excluding hydrogens is 288 g/mol. The maximum atomic E-state index is 9.51. The second-order valence-corrected chi connectivity index (χ2v) is 6.09. The molecule has 0 spiro atoms. The number of hydrogen-bond acceptors (Lipinski definition) is 5. The van der Waals surface area contributed by atoms with Crippen molar-refractivity contribution in [2.24, 2.45) is 5.73 Å². The summed E-state index contributed by atoms with van der Waals surface area (Å²) in [5, 5.41) is 12.9. The van der Waals surface area contributed by atoms with E-state index in [1.54, 1.807) is 12.1 Å². The second-order valence-electron chi connectivity index (χ2n) is 6.09. The molecule has 5 heteroatoms. The Hall–Kier alpha value is -2.14. The van der Waals surface area contributed by atoms with Gasteiger partial charge in [-0.3, -0.25) is 0 Å². The molecule has 2 aromatic rings. The third kappa shape index (κ3) is 3.79. The number of phenols is 1. The maximum absolute atomic E-state index is 9.51. The van der Waals surface area contributed by atoms with E-state index >= 15 is 0 Å². The van der Waals surface area contributed by atoms with Gasteiger partial charge in [-0.2, -0.15) is 0 Å². The molecular formula is C18H24N4O. The van der Waals surface area contributed by atoms with E-state index < -0.39 is 0 Å². The topological polar surface area (TPSA) is 84.1 Å². The Labute approximate surface area is 137 Å². The lowest BCUT2D eigenvalue weighted by Crippen LogP contribution is -2.11. The van der Waals surface area contributed by atoms with Crippen LogP contribution in [-0.4, -0.2) is 28.2 Å². The van der Waals surface area contributed by atoms with Gasteiger partial charge in [-0.1, -0.05) is 12.8 Å². The summed E-state index contributed by atoms with van der Waals surface area (Å²) in [4.78, 5) is 9.44. The van der Waals surface area contributed by atoms with Crippen LogP contribution in [0.15, 0.2) is 30.5 Å². The molecule has 4 N–H and O–H groups in total. The van der Waals surface area contributed by atoms with Crippen LogP contribution >= 0.6 is 0 Å². The van der Waals surface area contributed by atoms with E-state index in [9.17, 15) is 5.11 Å². The summed E-state index contributed by atoms with van der Waals surface area (Å²) in [6.45, 7) is 1.45. The van der Waals surface area contributed by atoms with Crippen LogP contribution in [0.1, 0.15) is 43.8 Å². The highest BCUT2D eigenvalue weighted by molar-refractivity contribution is 5.74. The van der Waals surface area contributed by atoms with Gasteiger partial charge < -0.3 is 16.2 Å². The normalized spacial score (nSPS) is 15.0. The van der Waals surface area contributed by atoms with Crippen LogP contribution in [0, 0.1) is 0 Å². The average molecular weight is 312 g/mol. The number of nitrogens with zero attached hydrogens (tertiary/aromatic N) is 2. The summed E-state index contributed by atoms with van der Waals surface area (Å²) in [5.41, 5.74) is 8.38. The predicted octanol–water partition coefficient (Wildman–Crippen LogP) is 3.27. The summed E-state index contributed by atoms with van der Waals surface area (Å²) < 4.78 is 0. The molecule has 3 rings (SSSR count). The fourth-order valence-electron chi connectivity index (χ4n) is 3.07. The molecule has 1 aromatic carbocycles. The third-order valence-corrected chi connectivity index (χ3v) is 4.36. The number of aromatic hydroxyl groups is 1. The largest absolute Gasteiger partial charge is 0.508 e. The van der Waals surface area contributed by atoms with E-state index in [2.05, 4.69) is 10.3 Å². The molecule has 122 valence electrons. The van der Waals surface area contributed by atoms with E-state index in [0.29, 0.717) is 12.5 Å². The van der Waals surface area contributed by atoms with Gasteiger partial charge in [0, 0.05) is 18.0 Å². The second kappa shape index (κ2) is 7.42. The molecule has 0 amide bonds. The van der Waals surface area contributed by atoms with Crippen molar-refractivity contribution >= 4 is 5.69 Å². The number of anilines is 1. The lowest BCUT2D eigenvalue weighted by Gasteiger charge is -2.15. The summed E-state index contributed by atoms with van der Waals surface area (Å²) in [6, 6.07) is 7.17. The van der Waals surface area contributed by atoms with E-state index in [1.807, 2.05) is 18.3 Å². The minimum Gasteiger partial charge on any atom is -0.508 e. The van der Waals surface area contributed by atoms with Gasteiger partial charge in [-0.25, -0.2) is 9.97 Å². The molecule has 0 unspecified atom stereocenters. The fourth-order valence-corrected chi connectivity index (χ4v) is 3.07. The molecule has 1 aromatic heterocycles. The van der Waals surface area contributed by atoms with Crippen molar-refractivity contribution in [1.82, 2.24) is 9.97 Å². The minimum absolute atomic E-state index is 0.261. The molecule has 1 aliphatic rings. The first kappa shape index (κ1) is 15.7. The molecule has 0 aliphatic heterocycles. The molecule has 0 bridgehead atoms. The Morgan fingerprint density at radius 1 is 1.17 bits per heavy atom. The number of aromatic nitrogens is 2. The summed E-state index contributed by atoms with van der Waals surface area (Å²) in [5.74, 6) is 1.68. The van der Waals surface area contributed by atoms with Crippen LogP contribution < -0.4 is 11.1 Å². The smallest absolute Gasteiger partial charge is 0.132 e. The first-order valence-electron chi connectivity index (χ1n) is 8.38. The highest BCUT2D eigenvalue weighted by Gasteiger charge is 2.21. The SMILES string of the molecule is NCCCNc1cnc(C2CCCC2)nc1-c1ccc(O)cc1. The Balaban J connectivity index is 1.93. The quantitative estimate of drug-likeness (QED) is 0.713. The molecule has 5 nitrogen and oxygen atoms in total. The Morgan fingerprint density at radius 2 is 1.91 bits per heavy atom. The fraction of sp³-hybridized carbons (Fsp3) is 0.444. The van der Waals surface area contributed by atoms with E-state index in [4.69, 9.17) is 10.7 Å². The van der Waals surface area contributed by atoms with Crippen LogP contribution in [0.5, 0.6) is 5.75 Å². The first-order chi connectivity index (χ1) is 11.3. The van der Waals surface area contributed by atoms with Crippen molar-refractivity contribution in [3.05, 3.63) is 36.3 Å². The monoisotopic (exact) mass is 312 g/mol. The van der Waals surface area contributed by atoms with Gasteiger partial charge in [0.05, 0.1) is 17.6 Å². The van der Waals surface area contributed by atoms with Crippen LogP contribution in [0.25, 0.3) is 11.3 Å². The molecule has 1 fully saturated rings. The minimum atomic E-state index is 0.261. The van der Waals surface area contributed by atoms with Gasteiger partial charge >= 0.3 is 0 Å². The average Bonchev–Trinajstić information content (AvgIpc) is 3.11.